The van der Waals surface area contributed by atoms with E-state index in [1.165, 1.54) is 36.8 Å². The molecule has 0 heterocycles. The van der Waals surface area contributed by atoms with E-state index in [9.17, 15) is 0 Å². The van der Waals surface area contributed by atoms with Crippen molar-refractivity contribution in [3.05, 3.63) is 60.3 Å². The Labute approximate surface area is 126 Å². The van der Waals surface area contributed by atoms with Crippen LogP contribution in [0.15, 0.2) is 60.3 Å². The quantitative estimate of drug-likeness (QED) is 0.484. The molecule has 1 aliphatic carbocycles. The molecule has 0 aromatic carbocycles. The van der Waals surface area contributed by atoms with Gasteiger partial charge in [-0.15, -0.1) is 0 Å². The van der Waals surface area contributed by atoms with Crippen LogP contribution in [0.2, 0.25) is 0 Å². The number of allylic oxidation sites excluding steroid dienone is 9. The van der Waals surface area contributed by atoms with Crippen molar-refractivity contribution in [3.63, 3.8) is 0 Å². The fourth-order valence-corrected chi connectivity index (χ4v) is 3.06. The second kappa shape index (κ2) is 10.5. The molecule has 0 unspecified atom stereocenters. The molecule has 0 spiro atoms. The Morgan fingerprint density at radius 2 is 1.55 bits per heavy atom. The molecule has 0 aromatic heterocycles. The van der Waals surface area contributed by atoms with Crippen molar-refractivity contribution >= 4 is 0 Å². The van der Waals surface area contributed by atoms with Crippen molar-refractivity contribution < 1.29 is 0 Å². The molecule has 1 saturated carbocycles. The molecule has 1 rings (SSSR count). The molecule has 0 aromatic rings. The molecule has 0 bridgehead atoms. The van der Waals surface area contributed by atoms with Crippen LogP contribution in [0.25, 0.3) is 0 Å². The first-order valence-corrected chi connectivity index (χ1v) is 8.00. The molecule has 1 fully saturated rings. The molecule has 0 radical (unpaired) electrons. The molecule has 0 nitrogen and oxygen atoms in total. The lowest BCUT2D eigenvalue weighted by Gasteiger charge is -2.32. The third-order valence-electron chi connectivity index (χ3n) is 3.91. The zero-order valence-electron chi connectivity index (χ0n) is 14.1. The molecule has 0 atom stereocenters. The van der Waals surface area contributed by atoms with E-state index >= 15 is 0 Å². The second-order valence-electron chi connectivity index (χ2n) is 4.89. The van der Waals surface area contributed by atoms with E-state index in [1.807, 2.05) is 19.9 Å². The van der Waals surface area contributed by atoms with Gasteiger partial charge >= 0.3 is 0 Å². The zero-order valence-corrected chi connectivity index (χ0v) is 14.1. The summed E-state index contributed by atoms with van der Waals surface area (Å²) in [6.45, 7) is 14.3. The van der Waals surface area contributed by atoms with E-state index in [0.717, 1.165) is 0 Å². The highest BCUT2D eigenvalue weighted by Crippen LogP contribution is 2.50. The van der Waals surface area contributed by atoms with Crippen LogP contribution in [0.1, 0.15) is 60.3 Å². The molecule has 0 heteroatoms. The van der Waals surface area contributed by atoms with Crippen molar-refractivity contribution in [2.24, 2.45) is 5.41 Å². The first kappa shape index (κ1) is 18.7. The summed E-state index contributed by atoms with van der Waals surface area (Å²) in [5.41, 5.74) is 3.00. The first-order valence-electron chi connectivity index (χ1n) is 8.00. The largest absolute Gasteiger partial charge is 0.0988 e. The standard InChI is InChI=1S/C18H26.C2H6/c1-5-9-13-17(8-4)18(14-10-11-15-18)16(7-3)12-6-2;1-2/h5-9,12-13H,4,10-11,14-15H2,1-3H3;1-2H3/b9-5-,12-6-,16-7+,17-13+;. The van der Waals surface area contributed by atoms with Crippen LogP contribution >= 0.6 is 0 Å². The van der Waals surface area contributed by atoms with Gasteiger partial charge in [0.05, 0.1) is 0 Å². The topological polar surface area (TPSA) is 0 Å². The summed E-state index contributed by atoms with van der Waals surface area (Å²) in [6.07, 6.45) is 20.3. The van der Waals surface area contributed by atoms with E-state index in [2.05, 4.69) is 63.8 Å². The third kappa shape index (κ3) is 4.37. The van der Waals surface area contributed by atoms with Crippen LogP contribution in [-0.4, -0.2) is 0 Å². The van der Waals surface area contributed by atoms with Gasteiger partial charge in [0.25, 0.3) is 0 Å². The molecule has 20 heavy (non-hydrogen) atoms. The monoisotopic (exact) mass is 272 g/mol. The number of hydrogen-bond donors (Lipinski definition) is 0. The van der Waals surface area contributed by atoms with Crippen molar-refractivity contribution in [2.45, 2.75) is 60.3 Å². The fourth-order valence-electron chi connectivity index (χ4n) is 3.06. The lowest BCUT2D eigenvalue weighted by Crippen LogP contribution is -2.20. The molecule has 0 N–H and O–H groups in total. The minimum atomic E-state index is 0.197. The van der Waals surface area contributed by atoms with Crippen LogP contribution in [0.3, 0.4) is 0 Å². The van der Waals surface area contributed by atoms with Gasteiger partial charge in [0, 0.05) is 5.41 Å². The van der Waals surface area contributed by atoms with Crippen molar-refractivity contribution in [1.82, 2.24) is 0 Å². The number of rotatable bonds is 5. The summed E-state index contributed by atoms with van der Waals surface area (Å²) < 4.78 is 0. The Morgan fingerprint density at radius 1 is 0.950 bits per heavy atom. The van der Waals surface area contributed by atoms with E-state index in [1.54, 1.807) is 0 Å². The van der Waals surface area contributed by atoms with Crippen LogP contribution in [-0.2, 0) is 0 Å². The Balaban J connectivity index is 0.00000172. The maximum Gasteiger partial charge on any atom is 0.0199 e. The van der Waals surface area contributed by atoms with Gasteiger partial charge in [0.1, 0.15) is 0 Å². The zero-order chi connectivity index (χ0) is 15.4. The highest BCUT2D eigenvalue weighted by Gasteiger charge is 2.37. The molecular formula is C20H32. The van der Waals surface area contributed by atoms with Gasteiger partial charge in [-0.3, -0.25) is 0 Å². The SMILES string of the molecule is C=C/C(=C\C=C/C)C1(C(/C=C\C)=C/C)CCCC1.CC. The van der Waals surface area contributed by atoms with Gasteiger partial charge in [-0.2, -0.15) is 0 Å². The molecular weight excluding hydrogens is 240 g/mol. The van der Waals surface area contributed by atoms with Gasteiger partial charge < -0.3 is 0 Å². The van der Waals surface area contributed by atoms with Gasteiger partial charge in [-0.1, -0.05) is 75.8 Å². The first-order chi connectivity index (χ1) is 9.75. The van der Waals surface area contributed by atoms with E-state index in [-0.39, 0.29) is 5.41 Å². The summed E-state index contributed by atoms with van der Waals surface area (Å²) in [5.74, 6) is 0. The fraction of sp³-hybridized carbons (Fsp3) is 0.500. The molecule has 0 amide bonds. The summed E-state index contributed by atoms with van der Waals surface area (Å²) in [6, 6.07) is 0. The highest BCUT2D eigenvalue weighted by molar-refractivity contribution is 5.43. The van der Waals surface area contributed by atoms with Crippen LogP contribution in [0.5, 0.6) is 0 Å². The van der Waals surface area contributed by atoms with Crippen LogP contribution < -0.4 is 0 Å². The summed E-state index contributed by atoms with van der Waals surface area (Å²) in [5, 5.41) is 0. The van der Waals surface area contributed by atoms with Gasteiger partial charge in [0.2, 0.25) is 0 Å². The van der Waals surface area contributed by atoms with Crippen molar-refractivity contribution in [1.29, 1.82) is 0 Å². The van der Waals surface area contributed by atoms with Crippen molar-refractivity contribution in [2.75, 3.05) is 0 Å². The van der Waals surface area contributed by atoms with Gasteiger partial charge in [-0.25, -0.2) is 0 Å². The Kier molecular flexibility index (Phi) is 9.80. The summed E-state index contributed by atoms with van der Waals surface area (Å²) >= 11 is 0. The van der Waals surface area contributed by atoms with E-state index in [4.69, 9.17) is 0 Å². The maximum atomic E-state index is 4.03. The van der Waals surface area contributed by atoms with Crippen LogP contribution in [0, 0.1) is 5.41 Å². The average Bonchev–Trinajstić information content (AvgIpc) is 2.98. The lowest BCUT2D eigenvalue weighted by molar-refractivity contribution is 0.466. The van der Waals surface area contributed by atoms with E-state index in [0.29, 0.717) is 0 Å². The third-order valence-corrected chi connectivity index (χ3v) is 3.91. The summed E-state index contributed by atoms with van der Waals surface area (Å²) in [4.78, 5) is 0. The van der Waals surface area contributed by atoms with Crippen molar-refractivity contribution in [3.8, 4) is 0 Å². The Hall–Kier alpha value is -1.30. The maximum absolute atomic E-state index is 4.03. The molecule has 112 valence electrons. The highest BCUT2D eigenvalue weighted by atomic mass is 14.4. The normalized spacial score (nSPS) is 19.2. The predicted octanol–water partition coefficient (Wildman–Crippen LogP) is 6.78. The van der Waals surface area contributed by atoms with Gasteiger partial charge in [-0.05, 0) is 44.8 Å². The van der Waals surface area contributed by atoms with Crippen LogP contribution in [0.4, 0.5) is 0 Å². The molecule has 0 aliphatic heterocycles. The Bertz CT molecular complexity index is 382. The smallest absolute Gasteiger partial charge is 0.0199 e. The predicted molar refractivity (Wildman–Crippen MR) is 93.9 cm³/mol. The van der Waals surface area contributed by atoms with E-state index < -0.39 is 0 Å². The minimum Gasteiger partial charge on any atom is -0.0988 e. The van der Waals surface area contributed by atoms with Gasteiger partial charge in [0.15, 0.2) is 0 Å². The number of hydrogen-bond acceptors (Lipinski definition) is 0. The molecule has 0 saturated heterocycles. The average molecular weight is 272 g/mol. The minimum absolute atomic E-state index is 0.197. The summed E-state index contributed by atoms with van der Waals surface area (Å²) in [7, 11) is 0. The molecule has 1 aliphatic rings. The second-order valence-corrected chi connectivity index (χ2v) is 4.89. The Morgan fingerprint density at radius 3 is 1.95 bits per heavy atom. The lowest BCUT2D eigenvalue weighted by atomic mass is 9.71.